The number of aliphatic hydroxyl groups excluding tert-OH is 1. The molecule has 0 saturated heterocycles. The minimum absolute atomic E-state index is 0.0320. The lowest BCUT2D eigenvalue weighted by Gasteiger charge is -2.20. The quantitative estimate of drug-likeness (QED) is 0.170. The molecule has 3 heteroatoms. The number of fused-ring (bicyclic) bond motifs is 6. The van der Waals surface area contributed by atoms with Crippen molar-refractivity contribution in [2.75, 3.05) is 0 Å². The number of nitrogens with zero attached hydrogens (tertiary/aromatic N) is 1. The summed E-state index contributed by atoms with van der Waals surface area (Å²) in [5, 5.41) is 14.3. The van der Waals surface area contributed by atoms with Gasteiger partial charge in [0.1, 0.15) is 11.2 Å². The van der Waals surface area contributed by atoms with Crippen LogP contribution in [0.4, 0.5) is 0 Å². The van der Waals surface area contributed by atoms with Crippen molar-refractivity contribution in [3.8, 4) is 27.9 Å². The van der Waals surface area contributed by atoms with Crippen molar-refractivity contribution in [1.82, 2.24) is 4.57 Å². The van der Waals surface area contributed by atoms with Gasteiger partial charge >= 0.3 is 0 Å². The Labute approximate surface area is 307 Å². The van der Waals surface area contributed by atoms with E-state index in [0.717, 1.165) is 44.2 Å². The van der Waals surface area contributed by atoms with Crippen LogP contribution in [0.2, 0.25) is 0 Å². The third-order valence-electron chi connectivity index (χ3n) is 10.7. The normalized spacial score (nSPS) is 12.2. The number of aromatic nitrogens is 1. The Morgan fingerprint density at radius 1 is 0.415 bits per heavy atom. The highest BCUT2D eigenvalue weighted by molar-refractivity contribution is 6.10. The summed E-state index contributed by atoms with van der Waals surface area (Å²) in [6, 6.07) is 67.2. The van der Waals surface area contributed by atoms with Gasteiger partial charge in [0.15, 0.2) is 0 Å². The Balaban J connectivity index is 1.06. The Kier molecular flexibility index (Phi) is 7.52. The Hall–Kier alpha value is -6.68. The van der Waals surface area contributed by atoms with Crippen molar-refractivity contribution >= 4 is 43.7 Å². The molecule has 1 atom stereocenters. The van der Waals surface area contributed by atoms with Gasteiger partial charge in [-0.2, -0.15) is 0 Å². The maximum atomic E-state index is 9.61. The van der Waals surface area contributed by atoms with Crippen LogP contribution in [0.15, 0.2) is 192 Å². The van der Waals surface area contributed by atoms with Crippen molar-refractivity contribution in [2.24, 2.45) is 0 Å². The highest BCUT2D eigenvalue weighted by Crippen LogP contribution is 2.39. The maximum Gasteiger partial charge on any atom is 0.135 e. The number of furan rings is 1. The maximum absolute atomic E-state index is 9.61. The smallest absolute Gasteiger partial charge is 0.135 e. The molecule has 2 aromatic heterocycles. The van der Waals surface area contributed by atoms with E-state index in [4.69, 9.17) is 4.42 Å². The highest BCUT2D eigenvalue weighted by atomic mass is 16.3. The van der Waals surface area contributed by atoms with Gasteiger partial charge < -0.3 is 14.1 Å². The van der Waals surface area contributed by atoms with E-state index in [1.807, 2.05) is 24.3 Å². The van der Waals surface area contributed by atoms with Crippen LogP contribution in [-0.4, -0.2) is 9.67 Å². The van der Waals surface area contributed by atoms with Gasteiger partial charge in [0.2, 0.25) is 0 Å². The molecule has 0 aliphatic carbocycles. The first-order valence-electron chi connectivity index (χ1n) is 18.1. The van der Waals surface area contributed by atoms with Gasteiger partial charge in [-0.3, -0.25) is 0 Å². The zero-order valence-corrected chi connectivity index (χ0v) is 29.0. The van der Waals surface area contributed by atoms with E-state index in [2.05, 4.69) is 168 Å². The Morgan fingerprint density at radius 3 is 1.72 bits per heavy atom. The van der Waals surface area contributed by atoms with Crippen molar-refractivity contribution in [3.05, 3.63) is 210 Å². The molecule has 0 saturated carbocycles. The highest BCUT2D eigenvalue weighted by Gasteiger charge is 2.20. The summed E-state index contributed by atoms with van der Waals surface area (Å²) in [6.07, 6.45) is 0. The third kappa shape index (κ3) is 5.42. The number of para-hydroxylation sites is 2. The summed E-state index contributed by atoms with van der Waals surface area (Å²) < 4.78 is 8.52. The molecule has 0 aliphatic rings. The average molecular weight is 682 g/mol. The molecular weight excluding hydrogens is 647 g/mol. The third-order valence-corrected chi connectivity index (χ3v) is 10.7. The summed E-state index contributed by atoms with van der Waals surface area (Å²) >= 11 is 0. The van der Waals surface area contributed by atoms with Crippen LogP contribution in [-0.2, 0) is 6.61 Å². The van der Waals surface area contributed by atoms with Crippen LogP contribution in [0, 0.1) is 0 Å². The van der Waals surface area contributed by atoms with Crippen LogP contribution >= 0.6 is 0 Å². The predicted molar refractivity (Wildman–Crippen MR) is 219 cm³/mol. The minimum Gasteiger partial charge on any atom is -0.456 e. The summed E-state index contributed by atoms with van der Waals surface area (Å²) in [7, 11) is 0. The molecular formula is C50H35NO2. The molecule has 10 rings (SSSR count). The second-order valence-electron chi connectivity index (χ2n) is 13.8. The van der Waals surface area contributed by atoms with Gasteiger partial charge in [0.25, 0.3) is 0 Å². The molecule has 2 heterocycles. The monoisotopic (exact) mass is 681 g/mol. The van der Waals surface area contributed by atoms with E-state index < -0.39 is 0 Å². The summed E-state index contributed by atoms with van der Waals surface area (Å²) in [4.78, 5) is 0. The van der Waals surface area contributed by atoms with Crippen LogP contribution in [0.1, 0.15) is 28.2 Å². The fraction of sp³-hybridized carbons (Fsp3) is 0.0400. The first kappa shape index (κ1) is 31.1. The topological polar surface area (TPSA) is 38.3 Å². The van der Waals surface area contributed by atoms with E-state index in [-0.39, 0.29) is 12.5 Å². The zero-order valence-electron chi connectivity index (χ0n) is 29.0. The second-order valence-corrected chi connectivity index (χ2v) is 13.8. The van der Waals surface area contributed by atoms with Gasteiger partial charge in [0.05, 0.1) is 17.6 Å². The predicted octanol–water partition coefficient (Wildman–Crippen LogP) is 12.7. The molecule has 0 radical (unpaired) electrons. The molecule has 10 aromatic rings. The van der Waals surface area contributed by atoms with Crippen LogP contribution in [0.5, 0.6) is 0 Å². The average Bonchev–Trinajstić information content (AvgIpc) is 3.77. The standard InChI is InChI=1S/C50H35NO2/c52-32-33-14-26-41(27-15-33)51-46-12-6-4-10-42(46)44-30-39(24-28-47(44)51)36-18-22-38(23-19-36)50(37-20-16-35(17-21-37)34-8-2-1-3-9-34)40-25-29-49-45(31-40)43-11-5-7-13-48(43)53-49/h1-31,50,52H,32H2. The van der Waals surface area contributed by atoms with E-state index in [9.17, 15) is 5.11 Å². The zero-order chi connectivity index (χ0) is 35.3. The van der Waals surface area contributed by atoms with Crippen molar-refractivity contribution in [1.29, 1.82) is 0 Å². The van der Waals surface area contributed by atoms with Gasteiger partial charge in [0, 0.05) is 33.2 Å². The van der Waals surface area contributed by atoms with Crippen LogP contribution in [0.25, 0.3) is 71.7 Å². The lowest BCUT2D eigenvalue weighted by molar-refractivity contribution is 0.282. The molecule has 252 valence electrons. The lowest BCUT2D eigenvalue weighted by atomic mass is 9.83. The molecule has 0 spiro atoms. The Morgan fingerprint density at radius 2 is 0.981 bits per heavy atom. The fourth-order valence-electron chi connectivity index (χ4n) is 8.05. The molecule has 3 nitrogen and oxygen atoms in total. The van der Waals surface area contributed by atoms with Gasteiger partial charge in [-0.15, -0.1) is 0 Å². The van der Waals surface area contributed by atoms with E-state index >= 15 is 0 Å². The number of aliphatic hydroxyl groups is 1. The molecule has 1 N–H and O–H groups in total. The fourth-order valence-corrected chi connectivity index (χ4v) is 8.05. The van der Waals surface area contributed by atoms with Gasteiger partial charge in [-0.05, 0) is 93.0 Å². The molecule has 8 aromatic carbocycles. The van der Waals surface area contributed by atoms with Gasteiger partial charge in [-0.1, -0.05) is 140 Å². The molecule has 0 amide bonds. The molecule has 0 fully saturated rings. The number of hydrogen-bond acceptors (Lipinski definition) is 2. The van der Waals surface area contributed by atoms with Gasteiger partial charge in [-0.25, -0.2) is 0 Å². The molecule has 0 bridgehead atoms. The molecule has 1 unspecified atom stereocenters. The first-order valence-corrected chi connectivity index (χ1v) is 18.1. The van der Waals surface area contributed by atoms with E-state index in [1.165, 1.54) is 49.7 Å². The van der Waals surface area contributed by atoms with E-state index in [1.54, 1.807) is 0 Å². The van der Waals surface area contributed by atoms with Crippen molar-refractivity contribution in [2.45, 2.75) is 12.5 Å². The van der Waals surface area contributed by atoms with Crippen molar-refractivity contribution < 1.29 is 9.52 Å². The Bertz CT molecular complexity index is 2900. The van der Waals surface area contributed by atoms with Crippen LogP contribution < -0.4 is 0 Å². The SMILES string of the molecule is OCc1ccc(-n2c3ccccc3c3cc(-c4ccc(C(c5ccc(-c6ccccc6)cc5)c5ccc6oc7ccccc7c6c5)cc4)ccc32)cc1. The summed E-state index contributed by atoms with van der Waals surface area (Å²) in [5.41, 5.74) is 14.6. The first-order chi connectivity index (χ1) is 26.2. The van der Waals surface area contributed by atoms with Crippen molar-refractivity contribution in [3.63, 3.8) is 0 Å². The summed E-state index contributed by atoms with van der Waals surface area (Å²) in [5.74, 6) is 0.0320. The molecule has 53 heavy (non-hydrogen) atoms. The number of benzene rings is 8. The van der Waals surface area contributed by atoms with Crippen LogP contribution in [0.3, 0.4) is 0 Å². The summed E-state index contributed by atoms with van der Waals surface area (Å²) in [6.45, 7) is 0.0354. The second kappa shape index (κ2) is 12.8. The minimum atomic E-state index is 0.0320. The number of rotatable bonds is 7. The lowest BCUT2D eigenvalue weighted by Crippen LogP contribution is -2.03. The van der Waals surface area contributed by atoms with E-state index in [0.29, 0.717) is 0 Å². The molecule has 0 aliphatic heterocycles. The largest absolute Gasteiger partial charge is 0.456 e. The number of hydrogen-bond donors (Lipinski definition) is 1.